The lowest BCUT2D eigenvalue weighted by Crippen LogP contribution is -2.36. The summed E-state index contributed by atoms with van der Waals surface area (Å²) < 4.78 is 6.61. The quantitative estimate of drug-likeness (QED) is 0.890. The minimum Gasteiger partial charge on any atom is -0.491 e. The molecule has 1 aromatic carbocycles. The molecule has 106 valence electrons. The van der Waals surface area contributed by atoms with Crippen molar-refractivity contribution in [1.82, 2.24) is 4.90 Å². The van der Waals surface area contributed by atoms with Gasteiger partial charge in [-0.2, -0.15) is 0 Å². The summed E-state index contributed by atoms with van der Waals surface area (Å²) in [6.45, 7) is 4.88. The van der Waals surface area contributed by atoms with Crippen molar-refractivity contribution in [1.29, 1.82) is 0 Å². The molecule has 1 aliphatic heterocycles. The number of hydrogen-bond acceptors (Lipinski definition) is 3. The number of nitrogens with zero attached hydrogens (tertiary/aromatic N) is 1. The predicted molar refractivity (Wildman–Crippen MR) is 84.5 cm³/mol. The molecule has 0 unspecified atom stereocenters. The van der Waals surface area contributed by atoms with Crippen LogP contribution in [0.1, 0.15) is 19.8 Å². The zero-order valence-electron chi connectivity index (χ0n) is 11.4. The molecular weight excluding hydrogens is 328 g/mol. The van der Waals surface area contributed by atoms with E-state index in [4.69, 9.17) is 16.3 Å². The van der Waals surface area contributed by atoms with Gasteiger partial charge in [0.15, 0.2) is 5.75 Å². The van der Waals surface area contributed by atoms with E-state index >= 15 is 0 Å². The number of halogens is 2. The van der Waals surface area contributed by atoms with E-state index in [9.17, 15) is 0 Å². The molecule has 1 N–H and O–H groups in total. The van der Waals surface area contributed by atoms with Gasteiger partial charge in [-0.1, -0.05) is 11.6 Å². The number of likely N-dealkylation sites (tertiary alicyclic amines) is 1. The summed E-state index contributed by atoms with van der Waals surface area (Å²) in [5.41, 5.74) is 0.982. The van der Waals surface area contributed by atoms with Crippen LogP contribution in [0.25, 0.3) is 0 Å². The number of benzene rings is 1. The first-order valence-electron chi connectivity index (χ1n) is 6.67. The Balaban J connectivity index is 2.14. The molecule has 1 aliphatic rings. The average molecular weight is 348 g/mol. The first-order chi connectivity index (χ1) is 9.10. The normalized spacial score (nSPS) is 17.5. The van der Waals surface area contributed by atoms with Crippen molar-refractivity contribution in [3.63, 3.8) is 0 Å². The Bertz CT molecular complexity index is 434. The molecule has 0 atom stereocenters. The lowest BCUT2D eigenvalue weighted by Gasteiger charge is -2.30. The fourth-order valence-corrected chi connectivity index (χ4v) is 3.26. The highest BCUT2D eigenvalue weighted by Crippen LogP contribution is 2.37. The van der Waals surface area contributed by atoms with E-state index in [2.05, 4.69) is 33.2 Å². The van der Waals surface area contributed by atoms with Crippen LogP contribution in [0.5, 0.6) is 5.75 Å². The molecule has 0 saturated carbocycles. The van der Waals surface area contributed by atoms with E-state index < -0.39 is 0 Å². The molecule has 0 radical (unpaired) electrons. The number of piperidine rings is 1. The smallest absolute Gasteiger partial charge is 0.156 e. The van der Waals surface area contributed by atoms with Crippen LogP contribution in [0.4, 0.5) is 5.69 Å². The summed E-state index contributed by atoms with van der Waals surface area (Å²) in [5, 5.41) is 4.28. The molecular formula is C14H20BrClN2O. The van der Waals surface area contributed by atoms with E-state index in [0.29, 0.717) is 17.7 Å². The van der Waals surface area contributed by atoms with Gasteiger partial charge in [0.1, 0.15) is 0 Å². The summed E-state index contributed by atoms with van der Waals surface area (Å²) in [4.78, 5) is 2.36. The van der Waals surface area contributed by atoms with Crippen molar-refractivity contribution < 1.29 is 4.74 Å². The molecule has 2 rings (SSSR count). The molecule has 0 aliphatic carbocycles. The summed E-state index contributed by atoms with van der Waals surface area (Å²) in [6, 6.07) is 4.29. The van der Waals surface area contributed by atoms with Gasteiger partial charge in [0.25, 0.3) is 0 Å². The van der Waals surface area contributed by atoms with Gasteiger partial charge in [-0.3, -0.25) is 0 Å². The van der Waals surface area contributed by atoms with Crippen LogP contribution in [-0.2, 0) is 0 Å². The highest BCUT2D eigenvalue weighted by atomic mass is 79.9. The molecule has 0 spiro atoms. The fourth-order valence-electron chi connectivity index (χ4n) is 2.33. The molecule has 1 saturated heterocycles. The Morgan fingerprint density at radius 2 is 2.11 bits per heavy atom. The van der Waals surface area contributed by atoms with Crippen LogP contribution in [0.15, 0.2) is 16.6 Å². The molecule has 5 heteroatoms. The van der Waals surface area contributed by atoms with Gasteiger partial charge < -0.3 is 15.0 Å². The van der Waals surface area contributed by atoms with E-state index in [1.54, 1.807) is 0 Å². The number of nitrogens with one attached hydrogen (secondary N) is 1. The van der Waals surface area contributed by atoms with E-state index in [0.717, 1.165) is 41.8 Å². The maximum Gasteiger partial charge on any atom is 0.156 e. The van der Waals surface area contributed by atoms with E-state index in [1.807, 2.05) is 19.1 Å². The maximum absolute atomic E-state index is 6.13. The fraction of sp³-hybridized carbons (Fsp3) is 0.571. The van der Waals surface area contributed by atoms with Crippen LogP contribution < -0.4 is 10.1 Å². The average Bonchev–Trinajstić information content (AvgIpc) is 2.36. The molecule has 1 fully saturated rings. The van der Waals surface area contributed by atoms with Crippen molar-refractivity contribution in [3.8, 4) is 5.75 Å². The van der Waals surface area contributed by atoms with Crippen molar-refractivity contribution in [2.24, 2.45) is 0 Å². The van der Waals surface area contributed by atoms with Crippen LogP contribution >= 0.6 is 27.5 Å². The van der Waals surface area contributed by atoms with Crippen molar-refractivity contribution >= 4 is 33.2 Å². The first-order valence-corrected chi connectivity index (χ1v) is 7.84. The molecule has 1 heterocycles. The number of ether oxygens (including phenoxy) is 1. The van der Waals surface area contributed by atoms with Gasteiger partial charge >= 0.3 is 0 Å². The number of anilines is 1. The molecule has 19 heavy (non-hydrogen) atoms. The summed E-state index contributed by atoms with van der Waals surface area (Å²) in [7, 11) is 2.16. The van der Waals surface area contributed by atoms with Crippen LogP contribution in [-0.4, -0.2) is 37.7 Å². The molecule has 3 nitrogen and oxygen atoms in total. The van der Waals surface area contributed by atoms with Gasteiger partial charge in [0, 0.05) is 11.1 Å². The Hall–Kier alpha value is -0.450. The molecule has 1 aromatic rings. The van der Waals surface area contributed by atoms with Gasteiger partial charge in [-0.05, 0) is 68.0 Å². The maximum atomic E-state index is 6.13. The van der Waals surface area contributed by atoms with Crippen LogP contribution in [0.3, 0.4) is 0 Å². The Morgan fingerprint density at radius 1 is 1.42 bits per heavy atom. The number of hydrogen-bond donors (Lipinski definition) is 1. The van der Waals surface area contributed by atoms with Crippen molar-refractivity contribution in [2.45, 2.75) is 25.8 Å². The SMILES string of the molecule is CCOc1c(Br)cc(Cl)cc1NC1CCN(C)CC1. The third kappa shape index (κ3) is 4.01. The summed E-state index contributed by atoms with van der Waals surface area (Å²) in [5.74, 6) is 0.853. The van der Waals surface area contributed by atoms with Crippen molar-refractivity contribution in [2.75, 3.05) is 32.1 Å². The predicted octanol–water partition coefficient (Wildman–Crippen LogP) is 4.01. The largest absolute Gasteiger partial charge is 0.491 e. The zero-order chi connectivity index (χ0) is 13.8. The monoisotopic (exact) mass is 346 g/mol. The Labute approximate surface area is 128 Å². The molecule has 0 bridgehead atoms. The third-order valence-corrected chi connectivity index (χ3v) is 4.18. The van der Waals surface area contributed by atoms with Gasteiger partial charge in [-0.15, -0.1) is 0 Å². The van der Waals surface area contributed by atoms with Crippen LogP contribution in [0, 0.1) is 0 Å². The Kier molecular flexibility index (Phi) is 5.37. The van der Waals surface area contributed by atoms with Gasteiger partial charge in [-0.25, -0.2) is 0 Å². The lowest BCUT2D eigenvalue weighted by molar-refractivity contribution is 0.263. The second-order valence-electron chi connectivity index (χ2n) is 4.92. The summed E-state index contributed by atoms with van der Waals surface area (Å²) >= 11 is 9.64. The minimum atomic E-state index is 0.487. The lowest BCUT2D eigenvalue weighted by atomic mass is 10.1. The molecule has 0 aromatic heterocycles. The Morgan fingerprint density at radius 3 is 2.74 bits per heavy atom. The first kappa shape index (κ1) is 14.9. The highest BCUT2D eigenvalue weighted by Gasteiger charge is 2.19. The highest BCUT2D eigenvalue weighted by molar-refractivity contribution is 9.10. The minimum absolute atomic E-state index is 0.487. The van der Waals surface area contributed by atoms with Crippen LogP contribution in [0.2, 0.25) is 5.02 Å². The van der Waals surface area contributed by atoms with Gasteiger partial charge in [0.05, 0.1) is 16.8 Å². The number of rotatable bonds is 4. The summed E-state index contributed by atoms with van der Waals surface area (Å²) in [6.07, 6.45) is 2.29. The molecule has 0 amide bonds. The third-order valence-electron chi connectivity index (χ3n) is 3.38. The second kappa shape index (κ2) is 6.82. The van der Waals surface area contributed by atoms with Gasteiger partial charge in [0.2, 0.25) is 0 Å². The van der Waals surface area contributed by atoms with Crippen molar-refractivity contribution in [3.05, 3.63) is 21.6 Å². The second-order valence-corrected chi connectivity index (χ2v) is 6.21. The topological polar surface area (TPSA) is 24.5 Å². The standard InChI is InChI=1S/C14H20BrClN2O/c1-3-19-14-12(15)8-10(16)9-13(14)17-11-4-6-18(2)7-5-11/h8-9,11,17H,3-7H2,1-2H3. The zero-order valence-corrected chi connectivity index (χ0v) is 13.7. The van der Waals surface area contributed by atoms with E-state index in [1.165, 1.54) is 0 Å². The van der Waals surface area contributed by atoms with E-state index in [-0.39, 0.29) is 0 Å².